The molecule has 1 unspecified atom stereocenters. The van der Waals surface area contributed by atoms with Gasteiger partial charge >= 0.3 is 0 Å². The Labute approximate surface area is 211 Å². The van der Waals surface area contributed by atoms with Gasteiger partial charge in [-0.1, -0.05) is 84.6 Å². The highest BCUT2D eigenvalue weighted by Crippen LogP contribution is 2.28. The maximum absolute atomic E-state index is 13.5. The number of fused-ring (bicyclic) bond motifs is 1. The van der Waals surface area contributed by atoms with Gasteiger partial charge in [-0.2, -0.15) is 0 Å². The van der Waals surface area contributed by atoms with E-state index in [0.717, 1.165) is 42.0 Å². The highest BCUT2D eigenvalue weighted by molar-refractivity contribution is 6.36. The maximum Gasteiger partial charge on any atom is 0.242 e. The number of halogens is 2. The van der Waals surface area contributed by atoms with E-state index in [-0.39, 0.29) is 30.8 Å². The standard InChI is InChI=1S/C28H30Cl2N2O2/c1-19(28(34)31-22-11-3-4-12-22)32(18-24-25(29)14-7-15-26(24)30)27(33)17-16-21-10-6-9-20-8-2-5-13-23(20)21/h2,5-10,13-15,19,22H,3-4,11-12,16-18H2,1H3,(H,31,34). The molecule has 6 heteroatoms. The van der Waals surface area contributed by atoms with Crippen molar-refractivity contribution in [1.82, 2.24) is 10.2 Å². The molecule has 1 saturated carbocycles. The lowest BCUT2D eigenvalue weighted by Gasteiger charge is -2.30. The van der Waals surface area contributed by atoms with Crippen molar-refractivity contribution in [3.05, 3.63) is 81.8 Å². The molecule has 0 radical (unpaired) electrons. The van der Waals surface area contributed by atoms with Crippen molar-refractivity contribution in [2.45, 2.75) is 64.1 Å². The number of amides is 2. The van der Waals surface area contributed by atoms with Crippen molar-refractivity contribution in [1.29, 1.82) is 0 Å². The highest BCUT2D eigenvalue weighted by Gasteiger charge is 2.29. The first-order valence-corrected chi connectivity index (χ1v) is 12.7. The van der Waals surface area contributed by atoms with Crippen LogP contribution in [-0.4, -0.2) is 28.8 Å². The maximum atomic E-state index is 13.5. The molecule has 3 aromatic rings. The van der Waals surface area contributed by atoms with E-state index in [2.05, 4.69) is 29.6 Å². The average molecular weight is 497 g/mol. The minimum Gasteiger partial charge on any atom is -0.352 e. The van der Waals surface area contributed by atoms with Gasteiger partial charge in [0.15, 0.2) is 0 Å². The van der Waals surface area contributed by atoms with E-state index < -0.39 is 6.04 Å². The van der Waals surface area contributed by atoms with Crippen molar-refractivity contribution < 1.29 is 9.59 Å². The summed E-state index contributed by atoms with van der Waals surface area (Å²) in [5, 5.41) is 6.40. The van der Waals surface area contributed by atoms with Crippen LogP contribution in [0.15, 0.2) is 60.7 Å². The minimum atomic E-state index is -0.632. The number of nitrogens with one attached hydrogen (secondary N) is 1. The topological polar surface area (TPSA) is 49.4 Å². The van der Waals surface area contributed by atoms with Crippen LogP contribution in [0, 0.1) is 0 Å². The van der Waals surface area contributed by atoms with Gasteiger partial charge in [-0.3, -0.25) is 9.59 Å². The van der Waals surface area contributed by atoms with Gasteiger partial charge in [0.25, 0.3) is 0 Å². The lowest BCUT2D eigenvalue weighted by molar-refractivity contribution is -0.140. The van der Waals surface area contributed by atoms with Crippen LogP contribution in [0.2, 0.25) is 10.0 Å². The monoisotopic (exact) mass is 496 g/mol. The Morgan fingerprint density at radius 2 is 1.62 bits per heavy atom. The van der Waals surface area contributed by atoms with E-state index in [4.69, 9.17) is 23.2 Å². The second kappa shape index (κ2) is 11.2. The Morgan fingerprint density at radius 1 is 0.971 bits per heavy atom. The van der Waals surface area contributed by atoms with Gasteiger partial charge < -0.3 is 10.2 Å². The van der Waals surface area contributed by atoms with Crippen LogP contribution in [0.1, 0.15) is 50.2 Å². The zero-order valence-corrected chi connectivity index (χ0v) is 20.9. The molecule has 1 fully saturated rings. The lowest BCUT2D eigenvalue weighted by Crippen LogP contribution is -2.49. The fourth-order valence-corrected chi connectivity index (χ4v) is 5.24. The van der Waals surface area contributed by atoms with Crippen molar-refractivity contribution in [2.24, 2.45) is 0 Å². The number of benzene rings is 3. The van der Waals surface area contributed by atoms with Crippen molar-refractivity contribution in [3.63, 3.8) is 0 Å². The molecule has 4 nitrogen and oxygen atoms in total. The van der Waals surface area contributed by atoms with E-state index in [1.54, 1.807) is 30.0 Å². The smallest absolute Gasteiger partial charge is 0.242 e. The number of carbonyl (C=O) groups is 2. The summed E-state index contributed by atoms with van der Waals surface area (Å²) in [6.45, 7) is 1.97. The van der Waals surface area contributed by atoms with Crippen molar-refractivity contribution in [2.75, 3.05) is 0 Å². The summed E-state index contributed by atoms with van der Waals surface area (Å²) in [6, 6.07) is 19.2. The van der Waals surface area contributed by atoms with Crippen molar-refractivity contribution in [3.8, 4) is 0 Å². The van der Waals surface area contributed by atoms with Crippen LogP contribution < -0.4 is 5.32 Å². The van der Waals surface area contributed by atoms with E-state index in [9.17, 15) is 9.59 Å². The summed E-state index contributed by atoms with van der Waals surface area (Å²) in [7, 11) is 0. The van der Waals surface area contributed by atoms with Crippen LogP contribution in [0.25, 0.3) is 10.8 Å². The molecule has 4 rings (SSSR count). The molecule has 2 amide bonds. The fourth-order valence-electron chi connectivity index (χ4n) is 4.72. The number of aryl methyl sites for hydroxylation is 1. The third-order valence-electron chi connectivity index (χ3n) is 6.75. The van der Waals surface area contributed by atoms with Gasteiger partial charge in [-0.15, -0.1) is 0 Å². The summed E-state index contributed by atoms with van der Waals surface area (Å²) < 4.78 is 0. The van der Waals surface area contributed by atoms with Gasteiger partial charge in [0, 0.05) is 34.6 Å². The second-order valence-electron chi connectivity index (χ2n) is 9.03. The van der Waals surface area contributed by atoms with E-state index in [1.165, 1.54) is 0 Å². The molecule has 34 heavy (non-hydrogen) atoms. The molecular weight excluding hydrogens is 467 g/mol. The number of hydrogen-bond donors (Lipinski definition) is 1. The Bertz CT molecular complexity index is 1150. The van der Waals surface area contributed by atoms with Crippen LogP contribution in [-0.2, 0) is 22.6 Å². The van der Waals surface area contributed by atoms with E-state index in [1.807, 2.05) is 18.2 Å². The molecule has 0 saturated heterocycles. The Morgan fingerprint density at radius 3 is 2.35 bits per heavy atom. The molecule has 1 aliphatic carbocycles. The summed E-state index contributed by atoms with van der Waals surface area (Å²) >= 11 is 12.8. The Hall–Kier alpha value is -2.56. The first kappa shape index (κ1) is 24.6. The summed E-state index contributed by atoms with van der Waals surface area (Å²) in [6.07, 6.45) is 5.11. The molecule has 178 valence electrons. The summed E-state index contributed by atoms with van der Waals surface area (Å²) in [5.41, 5.74) is 1.77. The largest absolute Gasteiger partial charge is 0.352 e. The lowest BCUT2D eigenvalue weighted by atomic mass is 10.0. The first-order chi connectivity index (χ1) is 16.4. The number of rotatable bonds is 8. The Kier molecular flexibility index (Phi) is 8.12. The zero-order valence-electron chi connectivity index (χ0n) is 19.4. The van der Waals surface area contributed by atoms with Crippen LogP contribution in [0.4, 0.5) is 0 Å². The predicted molar refractivity (Wildman–Crippen MR) is 139 cm³/mol. The Balaban J connectivity index is 1.54. The molecule has 0 aromatic heterocycles. The van der Waals surface area contributed by atoms with Crippen molar-refractivity contribution >= 4 is 45.8 Å². The molecule has 0 bridgehead atoms. The number of nitrogens with zero attached hydrogens (tertiary/aromatic N) is 1. The molecule has 1 aliphatic rings. The van der Waals surface area contributed by atoms with Crippen LogP contribution >= 0.6 is 23.2 Å². The molecule has 1 atom stereocenters. The van der Waals surface area contributed by atoms with Gasteiger partial charge in [0.2, 0.25) is 11.8 Å². The zero-order chi connectivity index (χ0) is 24.1. The quantitative estimate of drug-likeness (QED) is 0.384. The molecule has 1 N–H and O–H groups in total. The normalized spacial score (nSPS) is 14.8. The van der Waals surface area contributed by atoms with Crippen LogP contribution in [0.3, 0.4) is 0 Å². The van der Waals surface area contributed by atoms with Gasteiger partial charge in [0.1, 0.15) is 6.04 Å². The fraction of sp³-hybridized carbons (Fsp3) is 0.357. The molecule has 0 aliphatic heterocycles. The van der Waals surface area contributed by atoms with Crippen LogP contribution in [0.5, 0.6) is 0 Å². The molecule has 3 aromatic carbocycles. The first-order valence-electron chi connectivity index (χ1n) is 11.9. The summed E-state index contributed by atoms with van der Waals surface area (Å²) in [5.74, 6) is -0.230. The summed E-state index contributed by atoms with van der Waals surface area (Å²) in [4.78, 5) is 28.2. The number of hydrogen-bond acceptors (Lipinski definition) is 2. The third-order valence-corrected chi connectivity index (χ3v) is 7.46. The molecular formula is C28H30Cl2N2O2. The highest BCUT2D eigenvalue weighted by atomic mass is 35.5. The number of carbonyl (C=O) groups excluding carboxylic acids is 2. The SMILES string of the molecule is CC(C(=O)NC1CCCC1)N(Cc1c(Cl)cccc1Cl)C(=O)CCc1cccc2ccccc12. The van der Waals surface area contributed by atoms with E-state index in [0.29, 0.717) is 22.0 Å². The van der Waals surface area contributed by atoms with Gasteiger partial charge in [-0.25, -0.2) is 0 Å². The minimum absolute atomic E-state index is 0.0991. The third kappa shape index (κ3) is 5.73. The van der Waals surface area contributed by atoms with E-state index >= 15 is 0 Å². The van der Waals surface area contributed by atoms with Gasteiger partial charge in [-0.05, 0) is 54.7 Å². The predicted octanol–water partition coefficient (Wildman–Crippen LogP) is 6.56. The average Bonchev–Trinajstić information content (AvgIpc) is 3.35. The second-order valence-corrected chi connectivity index (χ2v) is 9.84. The molecule has 0 spiro atoms. The molecule has 0 heterocycles. The van der Waals surface area contributed by atoms with Gasteiger partial charge in [0.05, 0.1) is 0 Å².